The summed E-state index contributed by atoms with van der Waals surface area (Å²) in [6.07, 6.45) is 0. The predicted molar refractivity (Wildman–Crippen MR) is 22.2 cm³/mol. The summed E-state index contributed by atoms with van der Waals surface area (Å²) in [5, 5.41) is 10.3. The van der Waals surface area contributed by atoms with Gasteiger partial charge in [-0.05, 0) is 7.05 Å². The van der Waals surface area contributed by atoms with Gasteiger partial charge in [-0.2, -0.15) is 0 Å². The van der Waals surface area contributed by atoms with Gasteiger partial charge in [-0.1, -0.05) is 0 Å². The first-order valence-corrected chi connectivity index (χ1v) is 4.17. The van der Waals surface area contributed by atoms with Gasteiger partial charge in [0.1, 0.15) is 0 Å². The van der Waals surface area contributed by atoms with E-state index in [1.165, 1.54) is 0 Å². The molecule has 5 heteroatoms. The van der Waals surface area contributed by atoms with Crippen molar-refractivity contribution in [3.8, 4) is 0 Å². The van der Waals surface area contributed by atoms with E-state index in [1.807, 2.05) is 0 Å². The molecule has 0 aromatic rings. The van der Waals surface area contributed by atoms with E-state index < -0.39 is 5.97 Å². The van der Waals surface area contributed by atoms with Crippen LogP contribution in [0.4, 0.5) is 0 Å². The number of nitrogens with one attached hydrogen (secondary N) is 1. The average Bonchev–Trinajstić information content (AvgIpc) is 1.72. The second-order valence-electron chi connectivity index (χ2n) is 0.924. The fourth-order valence-electron chi connectivity index (χ4n) is 0.151. The number of hydrogen-bond acceptors (Lipinski definition) is 3. The van der Waals surface area contributed by atoms with Crippen LogP contribution in [0.1, 0.15) is 0 Å². The molecule has 0 atom stereocenters. The molecule has 44 valence electrons. The van der Waals surface area contributed by atoms with Crippen molar-refractivity contribution in [3.05, 3.63) is 0 Å². The number of carboxylic acid groups (broad SMARTS) is 1. The monoisotopic (exact) mass is 307 g/mol. The van der Waals surface area contributed by atoms with Crippen LogP contribution >= 0.6 is 0 Å². The van der Waals surface area contributed by atoms with Crippen LogP contribution in [-0.4, -0.2) is 24.7 Å². The number of likely N-dealkylation sites (N-methyl/N-ethyl adjacent to an activating group) is 1. The van der Waals surface area contributed by atoms with Crippen LogP contribution in [0.25, 0.3) is 0 Å². The molecule has 0 amide bonds. The van der Waals surface area contributed by atoms with Crippen molar-refractivity contribution < 1.29 is 38.7 Å². The van der Waals surface area contributed by atoms with Gasteiger partial charge >= 0.3 is 34.7 Å². The Labute approximate surface area is 63.7 Å². The topological polar surface area (TPSA) is 66.4 Å². The zero-order valence-corrected chi connectivity index (χ0v) is 10.2. The van der Waals surface area contributed by atoms with Gasteiger partial charge in [0.2, 0.25) is 0 Å². The van der Waals surface area contributed by atoms with Crippen molar-refractivity contribution in [1.29, 1.82) is 0 Å². The Kier molecular flexibility index (Phi) is 14.1. The van der Waals surface area contributed by atoms with E-state index in [2.05, 4.69) is 5.32 Å². The van der Waals surface area contributed by atoms with Crippen LogP contribution in [0.5, 0.6) is 0 Å². The van der Waals surface area contributed by atoms with Gasteiger partial charge in [-0.3, -0.25) is 4.79 Å². The van der Waals surface area contributed by atoms with Gasteiger partial charge in [0.15, 0.2) is 0 Å². The van der Waals surface area contributed by atoms with Crippen LogP contribution in [0, 0.1) is 0 Å². The molecule has 0 aromatic carbocycles. The minimum atomic E-state index is -0.822. The second kappa shape index (κ2) is 10.2. The Morgan fingerprint density at radius 1 is 1.75 bits per heavy atom. The van der Waals surface area contributed by atoms with Crippen molar-refractivity contribution in [2.75, 3.05) is 13.6 Å². The molecule has 2 N–H and O–H groups in total. The molecule has 0 radical (unpaired) electrons. The Morgan fingerprint density at radius 2 is 2.12 bits per heavy atom. The van der Waals surface area contributed by atoms with Gasteiger partial charge in [-0.25, -0.2) is 0 Å². The third-order valence-corrected chi connectivity index (χ3v) is 0.328. The Morgan fingerprint density at radius 3 is 2.12 bits per heavy atom. The van der Waals surface area contributed by atoms with Crippen LogP contribution in [0.15, 0.2) is 0 Å². The SMILES string of the molecule is CNCC(=O)O.[O]=[Hg]. The fourth-order valence-corrected chi connectivity index (χ4v) is 0.151. The molecule has 8 heavy (non-hydrogen) atoms. The quantitative estimate of drug-likeness (QED) is 0.654. The first-order chi connectivity index (χ1) is 3.77. The molecular weight excluding hydrogens is 299 g/mol. The summed E-state index contributed by atoms with van der Waals surface area (Å²) in [6, 6.07) is 0. The summed E-state index contributed by atoms with van der Waals surface area (Å²) in [6.45, 7) is 0.0417. The molecule has 0 saturated heterocycles. The minimum absolute atomic E-state index is 0.0417. The van der Waals surface area contributed by atoms with Gasteiger partial charge < -0.3 is 10.4 Å². The van der Waals surface area contributed by atoms with Gasteiger partial charge in [-0.15, -0.1) is 0 Å². The summed E-state index contributed by atoms with van der Waals surface area (Å²) >= 11 is -0.222. The van der Waals surface area contributed by atoms with E-state index in [-0.39, 0.29) is 32.7 Å². The van der Waals surface area contributed by atoms with Crippen LogP contribution in [0.3, 0.4) is 0 Å². The average molecular weight is 306 g/mol. The molecule has 0 aromatic heterocycles. The molecular formula is C3H7HgNO3. The number of aliphatic carboxylic acids is 1. The first-order valence-electron chi connectivity index (χ1n) is 1.92. The van der Waals surface area contributed by atoms with E-state index in [9.17, 15) is 4.79 Å². The van der Waals surface area contributed by atoms with Gasteiger partial charge in [0.05, 0.1) is 6.54 Å². The predicted octanol–water partition coefficient (Wildman–Crippen LogP) is -0.831. The summed E-state index contributed by atoms with van der Waals surface area (Å²) < 4.78 is 8.44. The normalized spacial score (nSPS) is 6.88. The number of hydrogen-bond donors (Lipinski definition) is 2. The molecule has 0 aliphatic rings. The van der Waals surface area contributed by atoms with Crippen LogP contribution in [-0.2, 0) is 33.6 Å². The van der Waals surface area contributed by atoms with Crippen molar-refractivity contribution in [2.45, 2.75) is 0 Å². The molecule has 0 aliphatic carbocycles. The van der Waals surface area contributed by atoms with E-state index in [0.29, 0.717) is 0 Å². The van der Waals surface area contributed by atoms with Crippen molar-refractivity contribution in [2.24, 2.45) is 0 Å². The summed E-state index contributed by atoms with van der Waals surface area (Å²) in [4.78, 5) is 9.54. The Balaban J connectivity index is 0. The fraction of sp³-hybridized carbons (Fsp3) is 0.667. The Hall–Kier alpha value is 0.165. The number of rotatable bonds is 2. The summed E-state index contributed by atoms with van der Waals surface area (Å²) in [7, 11) is 1.59. The third-order valence-electron chi connectivity index (χ3n) is 0.328. The molecule has 0 rings (SSSR count). The molecule has 0 unspecified atom stereocenters. The van der Waals surface area contributed by atoms with Crippen LogP contribution in [0.2, 0.25) is 0 Å². The first kappa shape index (κ1) is 11.0. The molecule has 0 fully saturated rings. The summed E-state index contributed by atoms with van der Waals surface area (Å²) in [5.41, 5.74) is 0. The standard InChI is InChI=1S/C3H7NO2.Hg.O/c1-4-2-3(5)6;;/h4H,2H2,1H3,(H,5,6);;. The molecule has 0 spiro atoms. The van der Waals surface area contributed by atoms with Gasteiger partial charge in [0, 0.05) is 0 Å². The molecule has 0 aliphatic heterocycles. The second-order valence-corrected chi connectivity index (χ2v) is 0.924. The van der Waals surface area contributed by atoms with Crippen molar-refractivity contribution >= 4 is 5.97 Å². The molecule has 0 bridgehead atoms. The summed E-state index contributed by atoms with van der Waals surface area (Å²) in [5.74, 6) is -0.822. The zero-order chi connectivity index (χ0) is 6.99. The molecule has 0 heterocycles. The van der Waals surface area contributed by atoms with E-state index in [1.54, 1.807) is 7.05 Å². The van der Waals surface area contributed by atoms with E-state index in [4.69, 9.17) is 7.75 Å². The van der Waals surface area contributed by atoms with E-state index >= 15 is 0 Å². The number of carboxylic acids is 1. The van der Waals surface area contributed by atoms with Crippen molar-refractivity contribution in [3.63, 3.8) is 0 Å². The number of carbonyl (C=O) groups is 1. The third kappa shape index (κ3) is 16.4. The van der Waals surface area contributed by atoms with E-state index in [0.717, 1.165) is 0 Å². The molecule has 4 nitrogen and oxygen atoms in total. The molecule has 0 saturated carbocycles. The van der Waals surface area contributed by atoms with Crippen molar-refractivity contribution in [1.82, 2.24) is 5.32 Å². The zero-order valence-electron chi connectivity index (χ0n) is 4.68. The van der Waals surface area contributed by atoms with Crippen LogP contribution < -0.4 is 5.32 Å². The Bertz CT molecular complexity index is 67.5. The maximum atomic E-state index is 9.54. The maximum absolute atomic E-state index is 9.54. The van der Waals surface area contributed by atoms with Gasteiger partial charge in [0.25, 0.3) is 0 Å².